The molecule has 3 N–H and O–H groups in total. The van der Waals surface area contributed by atoms with Gasteiger partial charge in [-0.15, -0.1) is 0 Å². The molecule has 0 radical (unpaired) electrons. The number of anilines is 1. The van der Waals surface area contributed by atoms with Gasteiger partial charge in [0.2, 0.25) is 0 Å². The van der Waals surface area contributed by atoms with Crippen LogP contribution < -0.4 is 16.2 Å². The average molecular weight is 191 g/mol. The molecule has 1 aromatic rings. The predicted octanol–water partition coefficient (Wildman–Crippen LogP) is 1.66. The van der Waals surface area contributed by atoms with Gasteiger partial charge < -0.3 is 5.32 Å². The third-order valence-electron chi connectivity index (χ3n) is 2.61. The van der Waals surface area contributed by atoms with Crippen LogP contribution in [0, 0.1) is 0 Å². The topological polar surface area (TPSA) is 36.1 Å². The SMILES string of the molecule is CCNNC1c2ccccc2NC1C. The molecule has 0 aromatic heterocycles. The molecule has 3 nitrogen and oxygen atoms in total. The first-order valence-electron chi connectivity index (χ1n) is 5.16. The maximum absolute atomic E-state index is 3.45. The van der Waals surface area contributed by atoms with E-state index in [4.69, 9.17) is 0 Å². The van der Waals surface area contributed by atoms with Gasteiger partial charge in [0.25, 0.3) is 0 Å². The number of hydrazine groups is 1. The van der Waals surface area contributed by atoms with Crippen LogP contribution in [-0.2, 0) is 0 Å². The number of para-hydroxylation sites is 1. The van der Waals surface area contributed by atoms with Crippen LogP contribution >= 0.6 is 0 Å². The lowest BCUT2D eigenvalue weighted by molar-refractivity contribution is 0.431. The fourth-order valence-corrected chi connectivity index (χ4v) is 1.91. The Morgan fingerprint density at radius 2 is 2.14 bits per heavy atom. The molecule has 3 heteroatoms. The van der Waals surface area contributed by atoms with Gasteiger partial charge in [-0.25, -0.2) is 5.43 Å². The number of fused-ring (bicyclic) bond motifs is 1. The van der Waals surface area contributed by atoms with Crippen LogP contribution in [0.25, 0.3) is 0 Å². The first-order chi connectivity index (χ1) is 6.83. The Balaban J connectivity index is 2.17. The highest BCUT2D eigenvalue weighted by atomic mass is 15.4. The molecule has 0 amide bonds. The molecule has 14 heavy (non-hydrogen) atoms. The number of hydrogen-bond acceptors (Lipinski definition) is 3. The number of hydrogen-bond donors (Lipinski definition) is 3. The number of benzene rings is 1. The molecule has 0 fully saturated rings. The maximum Gasteiger partial charge on any atom is 0.0681 e. The van der Waals surface area contributed by atoms with Crippen molar-refractivity contribution in [3.05, 3.63) is 29.8 Å². The summed E-state index contributed by atoms with van der Waals surface area (Å²) in [6, 6.07) is 9.24. The summed E-state index contributed by atoms with van der Waals surface area (Å²) in [4.78, 5) is 0. The van der Waals surface area contributed by atoms with Crippen LogP contribution in [0.3, 0.4) is 0 Å². The van der Waals surface area contributed by atoms with Gasteiger partial charge in [0.1, 0.15) is 0 Å². The van der Waals surface area contributed by atoms with Crippen LogP contribution in [0.1, 0.15) is 25.5 Å². The Hall–Kier alpha value is -1.06. The largest absolute Gasteiger partial charge is 0.380 e. The molecule has 0 aliphatic carbocycles. The Bertz CT molecular complexity index is 311. The van der Waals surface area contributed by atoms with Crippen molar-refractivity contribution < 1.29 is 0 Å². The standard InChI is InChI=1S/C11H17N3/c1-3-12-14-11-8(2)13-10-7-5-4-6-9(10)11/h4-8,11-14H,3H2,1-2H3. The molecule has 0 bridgehead atoms. The average Bonchev–Trinajstić information content (AvgIpc) is 2.51. The molecule has 1 aromatic carbocycles. The van der Waals surface area contributed by atoms with Gasteiger partial charge in [-0.1, -0.05) is 25.1 Å². The molecule has 0 saturated heterocycles. The summed E-state index contributed by atoms with van der Waals surface area (Å²) in [6.45, 7) is 5.21. The first kappa shape index (κ1) is 9.49. The monoisotopic (exact) mass is 191 g/mol. The van der Waals surface area contributed by atoms with Crippen molar-refractivity contribution in [1.82, 2.24) is 10.9 Å². The van der Waals surface area contributed by atoms with E-state index in [1.54, 1.807) is 0 Å². The molecule has 2 unspecified atom stereocenters. The summed E-state index contributed by atoms with van der Waals surface area (Å²) in [5, 5.41) is 3.45. The van der Waals surface area contributed by atoms with Crippen molar-refractivity contribution in [2.24, 2.45) is 0 Å². The fourth-order valence-electron chi connectivity index (χ4n) is 1.91. The Morgan fingerprint density at radius 3 is 2.93 bits per heavy atom. The Morgan fingerprint density at radius 1 is 1.36 bits per heavy atom. The summed E-state index contributed by atoms with van der Waals surface area (Å²) in [6.07, 6.45) is 0. The molecule has 0 saturated carbocycles. The third kappa shape index (κ3) is 1.61. The minimum Gasteiger partial charge on any atom is -0.380 e. The van der Waals surface area contributed by atoms with Gasteiger partial charge in [-0.3, -0.25) is 5.43 Å². The second-order valence-corrected chi connectivity index (χ2v) is 3.67. The first-order valence-corrected chi connectivity index (χ1v) is 5.16. The van der Waals surface area contributed by atoms with Crippen LogP contribution in [-0.4, -0.2) is 12.6 Å². The van der Waals surface area contributed by atoms with Crippen LogP contribution in [0.5, 0.6) is 0 Å². The normalized spacial score (nSPS) is 24.4. The van der Waals surface area contributed by atoms with Crippen molar-refractivity contribution in [2.75, 3.05) is 11.9 Å². The quantitative estimate of drug-likeness (QED) is 0.636. The van der Waals surface area contributed by atoms with E-state index in [-0.39, 0.29) is 0 Å². The second kappa shape index (κ2) is 3.98. The Kier molecular flexibility index (Phi) is 2.70. The molecular weight excluding hydrogens is 174 g/mol. The molecule has 2 atom stereocenters. The lowest BCUT2D eigenvalue weighted by Crippen LogP contribution is -2.39. The zero-order chi connectivity index (χ0) is 9.97. The summed E-state index contributed by atoms with van der Waals surface area (Å²) in [7, 11) is 0. The smallest absolute Gasteiger partial charge is 0.0681 e. The van der Waals surface area contributed by atoms with E-state index in [1.165, 1.54) is 11.3 Å². The molecule has 1 aliphatic heterocycles. The lowest BCUT2D eigenvalue weighted by atomic mass is 10.1. The number of nitrogens with one attached hydrogen (secondary N) is 3. The number of rotatable bonds is 3. The maximum atomic E-state index is 3.45. The molecule has 1 heterocycles. The predicted molar refractivity (Wildman–Crippen MR) is 59.1 cm³/mol. The van der Waals surface area contributed by atoms with Crippen molar-refractivity contribution in [3.8, 4) is 0 Å². The zero-order valence-electron chi connectivity index (χ0n) is 8.67. The van der Waals surface area contributed by atoms with Crippen LogP contribution in [0.4, 0.5) is 5.69 Å². The van der Waals surface area contributed by atoms with Gasteiger partial charge in [0, 0.05) is 18.3 Å². The van der Waals surface area contributed by atoms with Crippen molar-refractivity contribution >= 4 is 5.69 Å². The second-order valence-electron chi connectivity index (χ2n) is 3.67. The lowest BCUT2D eigenvalue weighted by Gasteiger charge is -2.18. The Labute approximate surface area is 84.9 Å². The fraction of sp³-hybridized carbons (Fsp3) is 0.455. The third-order valence-corrected chi connectivity index (χ3v) is 2.61. The van der Waals surface area contributed by atoms with Gasteiger partial charge in [-0.05, 0) is 18.6 Å². The van der Waals surface area contributed by atoms with E-state index in [1.807, 2.05) is 0 Å². The van der Waals surface area contributed by atoms with Crippen molar-refractivity contribution in [1.29, 1.82) is 0 Å². The van der Waals surface area contributed by atoms with E-state index in [0.29, 0.717) is 12.1 Å². The van der Waals surface area contributed by atoms with Crippen LogP contribution in [0.15, 0.2) is 24.3 Å². The highest BCUT2D eigenvalue weighted by Crippen LogP contribution is 2.32. The summed E-state index contributed by atoms with van der Waals surface area (Å²) in [5.41, 5.74) is 9.09. The molecule has 76 valence electrons. The molecule has 2 rings (SSSR count). The van der Waals surface area contributed by atoms with Gasteiger partial charge in [0.15, 0.2) is 0 Å². The van der Waals surface area contributed by atoms with Gasteiger partial charge in [-0.2, -0.15) is 0 Å². The van der Waals surface area contributed by atoms with Gasteiger partial charge in [0.05, 0.1) is 6.04 Å². The van der Waals surface area contributed by atoms with Crippen molar-refractivity contribution in [2.45, 2.75) is 25.9 Å². The van der Waals surface area contributed by atoms with E-state index in [2.05, 4.69) is 54.3 Å². The zero-order valence-corrected chi connectivity index (χ0v) is 8.67. The minimum atomic E-state index is 0.367. The molecule has 0 spiro atoms. The van der Waals surface area contributed by atoms with E-state index >= 15 is 0 Å². The molecule has 1 aliphatic rings. The summed E-state index contributed by atoms with van der Waals surface area (Å²) in [5.74, 6) is 0. The van der Waals surface area contributed by atoms with Crippen LogP contribution in [0.2, 0.25) is 0 Å². The summed E-state index contributed by atoms with van der Waals surface area (Å²) >= 11 is 0. The van der Waals surface area contributed by atoms with Gasteiger partial charge >= 0.3 is 0 Å². The van der Waals surface area contributed by atoms with E-state index in [0.717, 1.165) is 6.54 Å². The highest BCUT2D eigenvalue weighted by molar-refractivity contribution is 5.58. The van der Waals surface area contributed by atoms with Crippen molar-refractivity contribution in [3.63, 3.8) is 0 Å². The highest BCUT2D eigenvalue weighted by Gasteiger charge is 2.27. The van der Waals surface area contributed by atoms with E-state index < -0.39 is 0 Å². The van der Waals surface area contributed by atoms with E-state index in [9.17, 15) is 0 Å². The summed E-state index contributed by atoms with van der Waals surface area (Å²) < 4.78 is 0. The molecular formula is C11H17N3. The minimum absolute atomic E-state index is 0.367.